The Morgan fingerprint density at radius 3 is 2.60 bits per heavy atom. The maximum absolute atomic E-state index is 8.92. The van der Waals surface area contributed by atoms with Crippen molar-refractivity contribution in [3.63, 3.8) is 0 Å². The molecule has 3 aromatic rings. The van der Waals surface area contributed by atoms with Crippen LogP contribution in [0.3, 0.4) is 0 Å². The van der Waals surface area contributed by atoms with Gasteiger partial charge in [0.15, 0.2) is 0 Å². The van der Waals surface area contributed by atoms with Crippen molar-refractivity contribution in [2.45, 2.75) is 6.92 Å². The minimum atomic E-state index is 0.628. The van der Waals surface area contributed by atoms with E-state index in [4.69, 9.17) is 22.0 Å². The maximum Gasteiger partial charge on any atom is 0.205 e. The average Bonchev–Trinajstić information content (AvgIpc) is 3.04. The van der Waals surface area contributed by atoms with Crippen molar-refractivity contribution in [1.82, 2.24) is 4.68 Å². The van der Waals surface area contributed by atoms with Gasteiger partial charge in [0.2, 0.25) is 4.80 Å². The largest absolute Gasteiger partial charge is 0.261 e. The number of hydrogen-bond acceptors (Lipinski definition) is 4. The number of halogens is 1. The number of rotatable bonds is 3. The molecule has 3 rings (SSSR count). The van der Waals surface area contributed by atoms with Gasteiger partial charge in [0, 0.05) is 23.0 Å². The lowest BCUT2D eigenvalue weighted by atomic mass is 10.1. The third kappa shape index (κ3) is 3.71. The summed E-state index contributed by atoms with van der Waals surface area (Å²) in [5.41, 5.74) is 4.33. The van der Waals surface area contributed by atoms with Gasteiger partial charge in [-0.05, 0) is 36.8 Å². The first kappa shape index (κ1) is 17.2. The molecule has 0 atom stereocenters. The monoisotopic (exact) mass is 366 g/mol. The van der Waals surface area contributed by atoms with Gasteiger partial charge in [0.05, 0.1) is 23.0 Å². The number of aromatic nitrogens is 1. The molecule has 6 heteroatoms. The quantitative estimate of drug-likeness (QED) is 0.627. The number of hydrogen-bond donors (Lipinski definition) is 0. The molecule has 0 bridgehead atoms. The topological polar surface area (TPSA) is 53.4 Å². The van der Waals surface area contributed by atoms with Gasteiger partial charge in [0.25, 0.3) is 0 Å². The molecule has 0 spiro atoms. The number of thiazole rings is 1. The van der Waals surface area contributed by atoms with Gasteiger partial charge < -0.3 is 0 Å². The highest BCUT2D eigenvalue weighted by molar-refractivity contribution is 7.07. The van der Waals surface area contributed by atoms with Crippen LogP contribution in [-0.4, -0.2) is 17.4 Å². The van der Waals surface area contributed by atoms with Crippen LogP contribution < -0.4 is 4.80 Å². The van der Waals surface area contributed by atoms with Crippen LogP contribution in [0.1, 0.15) is 18.1 Å². The van der Waals surface area contributed by atoms with Crippen molar-refractivity contribution in [2.75, 3.05) is 7.05 Å². The Morgan fingerprint density at radius 1 is 1.20 bits per heavy atom. The molecule has 1 aromatic heterocycles. The molecule has 25 heavy (non-hydrogen) atoms. The van der Waals surface area contributed by atoms with Gasteiger partial charge in [-0.1, -0.05) is 35.9 Å². The summed E-state index contributed by atoms with van der Waals surface area (Å²) in [6.45, 7) is 1.94. The van der Waals surface area contributed by atoms with Gasteiger partial charge >= 0.3 is 0 Å². The molecule has 0 radical (unpaired) electrons. The van der Waals surface area contributed by atoms with Crippen LogP contribution in [-0.2, 0) is 0 Å². The van der Waals surface area contributed by atoms with Crippen LogP contribution in [0.5, 0.6) is 0 Å². The molecule has 0 aliphatic rings. The van der Waals surface area contributed by atoms with Crippen molar-refractivity contribution in [2.24, 2.45) is 10.1 Å². The Hall–Kier alpha value is -2.68. The van der Waals surface area contributed by atoms with E-state index in [1.54, 1.807) is 19.2 Å². The number of nitrogens with zero attached hydrogens (tertiary/aromatic N) is 4. The van der Waals surface area contributed by atoms with E-state index < -0.39 is 0 Å². The fourth-order valence-electron chi connectivity index (χ4n) is 2.39. The van der Waals surface area contributed by atoms with Gasteiger partial charge in [-0.2, -0.15) is 10.4 Å². The summed E-state index contributed by atoms with van der Waals surface area (Å²) in [4.78, 5) is 5.11. The first-order valence-corrected chi connectivity index (χ1v) is 8.83. The normalized spacial score (nSPS) is 12.2. The lowest BCUT2D eigenvalue weighted by Gasteiger charge is -2.06. The number of benzene rings is 2. The lowest BCUT2D eigenvalue weighted by Crippen LogP contribution is -2.13. The summed E-state index contributed by atoms with van der Waals surface area (Å²) in [6, 6.07) is 17.2. The molecule has 0 N–H and O–H groups in total. The molecule has 2 aromatic carbocycles. The zero-order chi connectivity index (χ0) is 17.8. The van der Waals surface area contributed by atoms with Crippen molar-refractivity contribution in [1.29, 1.82) is 5.26 Å². The van der Waals surface area contributed by atoms with Gasteiger partial charge in [0.1, 0.15) is 0 Å². The molecular weight excluding hydrogens is 352 g/mol. The molecule has 0 saturated carbocycles. The summed E-state index contributed by atoms with van der Waals surface area (Å²) >= 11 is 7.65. The molecule has 0 aliphatic heterocycles. The highest BCUT2D eigenvalue weighted by atomic mass is 35.5. The Labute approximate surface area is 155 Å². The van der Waals surface area contributed by atoms with Crippen LogP contribution in [0.4, 0.5) is 0 Å². The third-order valence-electron chi connectivity index (χ3n) is 3.68. The SMILES string of the molecule is CN=c1scc(-c2cccc(Cl)c2)n1N=C(C)c1ccc(C#N)cc1. The van der Waals surface area contributed by atoms with E-state index in [1.807, 2.05) is 53.4 Å². The molecule has 4 nitrogen and oxygen atoms in total. The second-order valence-electron chi connectivity index (χ2n) is 5.32. The molecule has 0 amide bonds. The summed E-state index contributed by atoms with van der Waals surface area (Å²) < 4.78 is 1.82. The van der Waals surface area contributed by atoms with E-state index in [-0.39, 0.29) is 0 Å². The molecule has 124 valence electrons. The van der Waals surface area contributed by atoms with Gasteiger partial charge in [-0.25, -0.2) is 4.68 Å². The zero-order valence-corrected chi connectivity index (χ0v) is 15.3. The van der Waals surface area contributed by atoms with Crippen molar-refractivity contribution in [3.05, 3.63) is 74.9 Å². The van der Waals surface area contributed by atoms with Crippen LogP contribution >= 0.6 is 22.9 Å². The Morgan fingerprint density at radius 2 is 1.96 bits per heavy atom. The summed E-state index contributed by atoms with van der Waals surface area (Å²) in [6.07, 6.45) is 0. The van der Waals surface area contributed by atoms with Crippen LogP contribution in [0.2, 0.25) is 5.02 Å². The highest BCUT2D eigenvalue weighted by Crippen LogP contribution is 2.23. The Kier molecular flexibility index (Phi) is 5.13. The van der Waals surface area contributed by atoms with E-state index in [2.05, 4.69) is 11.1 Å². The van der Waals surface area contributed by atoms with Crippen LogP contribution in [0.25, 0.3) is 11.3 Å². The van der Waals surface area contributed by atoms with E-state index in [0.717, 1.165) is 27.3 Å². The van der Waals surface area contributed by atoms with Crippen molar-refractivity contribution < 1.29 is 0 Å². The molecule has 0 saturated heterocycles. The van der Waals surface area contributed by atoms with Crippen LogP contribution in [0.15, 0.2) is 64.0 Å². The predicted molar refractivity (Wildman–Crippen MR) is 103 cm³/mol. The second-order valence-corrected chi connectivity index (χ2v) is 6.60. The molecule has 0 aliphatic carbocycles. The second kappa shape index (κ2) is 7.47. The van der Waals surface area contributed by atoms with Gasteiger partial charge in [-0.15, -0.1) is 11.3 Å². The molecule has 0 unspecified atom stereocenters. The minimum absolute atomic E-state index is 0.628. The van der Waals surface area contributed by atoms with Crippen molar-refractivity contribution in [3.8, 4) is 17.3 Å². The third-order valence-corrected chi connectivity index (χ3v) is 4.82. The van der Waals surface area contributed by atoms with E-state index >= 15 is 0 Å². The number of nitriles is 1. The van der Waals surface area contributed by atoms with Gasteiger partial charge in [-0.3, -0.25) is 4.99 Å². The average molecular weight is 367 g/mol. The summed E-state index contributed by atoms with van der Waals surface area (Å²) in [5, 5.41) is 16.4. The lowest BCUT2D eigenvalue weighted by molar-refractivity contribution is 0.842. The summed E-state index contributed by atoms with van der Waals surface area (Å²) in [7, 11) is 1.75. The van der Waals surface area contributed by atoms with E-state index in [0.29, 0.717) is 10.6 Å². The standard InChI is InChI=1S/C19H15ClN4S/c1-13(15-8-6-14(11-21)7-9-15)23-24-18(12-25-19(24)22-2)16-4-3-5-17(20)10-16/h3-10,12H,1-2H3. The molecule has 1 heterocycles. The van der Waals surface area contributed by atoms with Crippen molar-refractivity contribution >= 4 is 28.6 Å². The van der Waals surface area contributed by atoms with E-state index in [1.165, 1.54) is 11.3 Å². The highest BCUT2D eigenvalue weighted by Gasteiger charge is 2.09. The zero-order valence-electron chi connectivity index (χ0n) is 13.8. The molecule has 0 fully saturated rings. The molecular formula is C19H15ClN4S. The predicted octanol–water partition coefficient (Wildman–Crippen LogP) is 4.54. The fourth-order valence-corrected chi connectivity index (χ4v) is 3.37. The van der Waals surface area contributed by atoms with Crippen LogP contribution in [0, 0.1) is 11.3 Å². The first-order chi connectivity index (χ1) is 12.1. The maximum atomic E-state index is 8.92. The Balaban J connectivity index is 2.10. The minimum Gasteiger partial charge on any atom is -0.261 e. The smallest absolute Gasteiger partial charge is 0.205 e. The van der Waals surface area contributed by atoms with E-state index in [9.17, 15) is 0 Å². The fraction of sp³-hybridized carbons (Fsp3) is 0.105. The Bertz CT molecular complexity index is 1040. The summed E-state index contributed by atoms with van der Waals surface area (Å²) in [5.74, 6) is 0. The first-order valence-electron chi connectivity index (χ1n) is 7.58.